The molecule has 0 aromatic rings. The van der Waals surface area contributed by atoms with Gasteiger partial charge in [0.05, 0.1) is 13.2 Å². The summed E-state index contributed by atoms with van der Waals surface area (Å²) in [5.41, 5.74) is 1.17. The van der Waals surface area contributed by atoms with Crippen LogP contribution >= 0.6 is 0 Å². The lowest BCUT2D eigenvalue weighted by atomic mass is 9.93. The van der Waals surface area contributed by atoms with Crippen LogP contribution < -0.4 is 5.43 Å². The van der Waals surface area contributed by atoms with Crippen LogP contribution in [0.4, 0.5) is 0 Å². The first kappa shape index (κ1) is 11.9. The SMILES string of the molecule is CC(C)(C(=O)O)C(=O)NN1CCOCC1. The summed E-state index contributed by atoms with van der Waals surface area (Å²) >= 11 is 0. The summed E-state index contributed by atoms with van der Waals surface area (Å²) in [5, 5.41) is 10.5. The molecule has 1 rings (SSSR count). The molecular formula is C9H16N2O4. The Hall–Kier alpha value is -1.14. The maximum Gasteiger partial charge on any atom is 0.318 e. The lowest BCUT2D eigenvalue weighted by molar-refractivity contribution is -0.156. The fraction of sp³-hybridized carbons (Fsp3) is 0.778. The Labute approximate surface area is 88.2 Å². The second kappa shape index (κ2) is 4.59. The van der Waals surface area contributed by atoms with E-state index in [4.69, 9.17) is 9.84 Å². The summed E-state index contributed by atoms with van der Waals surface area (Å²) in [6, 6.07) is 0. The van der Waals surface area contributed by atoms with Crippen molar-refractivity contribution in [2.45, 2.75) is 13.8 Å². The molecule has 6 heteroatoms. The van der Waals surface area contributed by atoms with E-state index in [-0.39, 0.29) is 0 Å². The van der Waals surface area contributed by atoms with Gasteiger partial charge in [0.25, 0.3) is 5.91 Å². The second-order valence-electron chi connectivity index (χ2n) is 3.97. The summed E-state index contributed by atoms with van der Waals surface area (Å²) in [6.45, 7) is 5.03. The quantitative estimate of drug-likeness (QED) is 0.619. The van der Waals surface area contributed by atoms with Gasteiger partial charge in [-0.05, 0) is 13.8 Å². The number of hydrogen-bond acceptors (Lipinski definition) is 4. The second-order valence-corrected chi connectivity index (χ2v) is 3.97. The van der Waals surface area contributed by atoms with E-state index in [0.717, 1.165) is 0 Å². The Kier molecular flexibility index (Phi) is 3.65. The number of nitrogens with one attached hydrogen (secondary N) is 1. The molecule has 1 heterocycles. The maximum atomic E-state index is 11.6. The van der Waals surface area contributed by atoms with Gasteiger partial charge >= 0.3 is 5.97 Å². The number of aliphatic carboxylic acids is 1. The van der Waals surface area contributed by atoms with E-state index in [1.54, 1.807) is 5.01 Å². The number of hydrogen-bond donors (Lipinski definition) is 2. The van der Waals surface area contributed by atoms with Crippen LogP contribution in [-0.4, -0.2) is 48.3 Å². The Balaban J connectivity index is 2.50. The highest BCUT2D eigenvalue weighted by Gasteiger charge is 2.36. The third kappa shape index (κ3) is 2.90. The van der Waals surface area contributed by atoms with Crippen molar-refractivity contribution in [1.82, 2.24) is 10.4 Å². The van der Waals surface area contributed by atoms with Gasteiger partial charge in [-0.2, -0.15) is 0 Å². The molecule has 2 N–H and O–H groups in total. The molecule has 1 fully saturated rings. The Bertz CT molecular complexity index is 259. The van der Waals surface area contributed by atoms with Crippen LogP contribution in [0.25, 0.3) is 0 Å². The highest BCUT2D eigenvalue weighted by atomic mass is 16.5. The van der Waals surface area contributed by atoms with Gasteiger partial charge in [-0.3, -0.25) is 15.0 Å². The molecule has 1 aliphatic rings. The molecule has 0 aromatic heterocycles. The van der Waals surface area contributed by atoms with Crippen molar-refractivity contribution < 1.29 is 19.4 Å². The first-order valence-electron chi connectivity index (χ1n) is 4.82. The Morgan fingerprint density at radius 1 is 1.33 bits per heavy atom. The van der Waals surface area contributed by atoms with Gasteiger partial charge in [0.1, 0.15) is 5.41 Å². The van der Waals surface area contributed by atoms with Crippen LogP contribution in [0.2, 0.25) is 0 Å². The molecule has 6 nitrogen and oxygen atoms in total. The van der Waals surface area contributed by atoms with Gasteiger partial charge in [0.15, 0.2) is 0 Å². The van der Waals surface area contributed by atoms with Crippen LogP contribution in [0.3, 0.4) is 0 Å². The first-order chi connectivity index (χ1) is 6.94. The average Bonchev–Trinajstić information content (AvgIpc) is 2.18. The van der Waals surface area contributed by atoms with Crippen molar-refractivity contribution >= 4 is 11.9 Å². The van der Waals surface area contributed by atoms with E-state index in [1.165, 1.54) is 13.8 Å². The zero-order valence-corrected chi connectivity index (χ0v) is 8.95. The van der Waals surface area contributed by atoms with Gasteiger partial charge in [-0.25, -0.2) is 5.01 Å². The monoisotopic (exact) mass is 216 g/mol. The zero-order valence-electron chi connectivity index (χ0n) is 8.95. The minimum atomic E-state index is -1.40. The number of carboxylic acids is 1. The molecular weight excluding hydrogens is 200 g/mol. The number of ether oxygens (including phenoxy) is 1. The molecule has 0 atom stereocenters. The number of rotatable bonds is 3. The van der Waals surface area contributed by atoms with E-state index in [1.807, 2.05) is 0 Å². The highest BCUT2D eigenvalue weighted by molar-refractivity contribution is 6.00. The fourth-order valence-electron chi connectivity index (χ4n) is 1.06. The number of morpholine rings is 1. The number of hydrazine groups is 1. The summed E-state index contributed by atoms with van der Waals surface area (Å²) in [6.07, 6.45) is 0. The number of nitrogens with zero attached hydrogens (tertiary/aromatic N) is 1. The number of amides is 1. The normalized spacial score (nSPS) is 18.5. The molecule has 0 unspecified atom stereocenters. The molecule has 15 heavy (non-hydrogen) atoms. The molecule has 0 aliphatic carbocycles. The standard InChI is InChI=1S/C9H16N2O4/c1-9(2,8(13)14)7(12)10-11-3-5-15-6-4-11/h3-6H2,1-2H3,(H,10,12)(H,13,14). The van der Waals surface area contributed by atoms with Crippen LogP contribution in [0.1, 0.15) is 13.8 Å². The van der Waals surface area contributed by atoms with E-state index in [0.29, 0.717) is 26.3 Å². The van der Waals surface area contributed by atoms with Crippen molar-refractivity contribution in [2.75, 3.05) is 26.3 Å². The lowest BCUT2D eigenvalue weighted by Crippen LogP contribution is -2.53. The summed E-state index contributed by atoms with van der Waals surface area (Å²) in [7, 11) is 0. The van der Waals surface area contributed by atoms with Gasteiger partial charge in [-0.1, -0.05) is 0 Å². The van der Waals surface area contributed by atoms with Gasteiger partial charge in [0.2, 0.25) is 0 Å². The van der Waals surface area contributed by atoms with Crippen LogP contribution in [-0.2, 0) is 14.3 Å². The van der Waals surface area contributed by atoms with E-state index >= 15 is 0 Å². The first-order valence-corrected chi connectivity index (χ1v) is 4.82. The predicted octanol–water partition coefficient (Wildman–Crippen LogP) is -0.539. The third-order valence-electron chi connectivity index (χ3n) is 2.37. The number of carboxylic acid groups (broad SMARTS) is 1. The average molecular weight is 216 g/mol. The zero-order chi connectivity index (χ0) is 11.5. The van der Waals surface area contributed by atoms with Crippen molar-refractivity contribution in [3.05, 3.63) is 0 Å². The third-order valence-corrected chi connectivity index (χ3v) is 2.37. The van der Waals surface area contributed by atoms with Crippen molar-refractivity contribution in [2.24, 2.45) is 5.41 Å². The van der Waals surface area contributed by atoms with Crippen molar-refractivity contribution in [1.29, 1.82) is 0 Å². The fourth-order valence-corrected chi connectivity index (χ4v) is 1.06. The Morgan fingerprint density at radius 3 is 2.33 bits per heavy atom. The molecule has 0 aromatic carbocycles. The number of carbonyl (C=O) groups is 2. The van der Waals surface area contributed by atoms with Gasteiger partial charge < -0.3 is 9.84 Å². The van der Waals surface area contributed by atoms with Gasteiger partial charge in [0, 0.05) is 13.1 Å². The highest BCUT2D eigenvalue weighted by Crippen LogP contribution is 2.15. The molecule has 0 spiro atoms. The van der Waals surface area contributed by atoms with E-state index < -0.39 is 17.3 Å². The minimum Gasteiger partial charge on any atom is -0.480 e. The summed E-state index contributed by atoms with van der Waals surface area (Å²) in [5.74, 6) is -1.63. The number of carbonyl (C=O) groups excluding carboxylic acids is 1. The summed E-state index contributed by atoms with van der Waals surface area (Å²) < 4.78 is 5.11. The molecule has 86 valence electrons. The van der Waals surface area contributed by atoms with Crippen molar-refractivity contribution in [3.63, 3.8) is 0 Å². The molecule has 1 saturated heterocycles. The molecule has 0 saturated carbocycles. The van der Waals surface area contributed by atoms with Crippen LogP contribution in [0, 0.1) is 5.41 Å². The lowest BCUT2D eigenvalue weighted by Gasteiger charge is -2.29. The topological polar surface area (TPSA) is 78.9 Å². The summed E-state index contributed by atoms with van der Waals surface area (Å²) in [4.78, 5) is 22.4. The molecule has 0 radical (unpaired) electrons. The maximum absolute atomic E-state index is 11.6. The van der Waals surface area contributed by atoms with Crippen molar-refractivity contribution in [3.8, 4) is 0 Å². The molecule has 1 aliphatic heterocycles. The molecule has 1 amide bonds. The largest absolute Gasteiger partial charge is 0.480 e. The predicted molar refractivity (Wildman–Crippen MR) is 52.0 cm³/mol. The molecule has 0 bridgehead atoms. The minimum absolute atomic E-state index is 0.503. The van der Waals surface area contributed by atoms with E-state index in [2.05, 4.69) is 5.43 Å². The van der Waals surface area contributed by atoms with Gasteiger partial charge in [-0.15, -0.1) is 0 Å². The van der Waals surface area contributed by atoms with E-state index in [9.17, 15) is 9.59 Å². The van der Waals surface area contributed by atoms with Crippen LogP contribution in [0.5, 0.6) is 0 Å². The van der Waals surface area contributed by atoms with Crippen LogP contribution in [0.15, 0.2) is 0 Å². The smallest absolute Gasteiger partial charge is 0.318 e. The Morgan fingerprint density at radius 2 is 1.87 bits per heavy atom.